The fraction of sp³-hybridized carbons (Fsp3) is 0.308. The van der Waals surface area contributed by atoms with Crippen molar-refractivity contribution in [1.82, 2.24) is 9.78 Å². The molecule has 5 nitrogen and oxygen atoms in total. The molecule has 0 amide bonds. The van der Waals surface area contributed by atoms with Gasteiger partial charge in [0, 0.05) is 6.20 Å². The van der Waals surface area contributed by atoms with Gasteiger partial charge in [0.05, 0.1) is 17.9 Å². The molecule has 1 aromatic heterocycles. The highest BCUT2D eigenvalue weighted by Gasteiger charge is 2.08. The molecule has 3 N–H and O–H groups in total. The van der Waals surface area contributed by atoms with Crippen LogP contribution in [0.5, 0.6) is 5.75 Å². The largest absolute Gasteiger partial charge is 0.489 e. The molecule has 5 heteroatoms. The van der Waals surface area contributed by atoms with Gasteiger partial charge >= 0.3 is 0 Å². The minimum Gasteiger partial charge on any atom is -0.489 e. The Hall–Kier alpha value is -2.01. The number of hydrogen-bond donors (Lipinski definition) is 2. The molecule has 1 heterocycles. The summed E-state index contributed by atoms with van der Waals surface area (Å²) < 4.78 is 7.15. The van der Waals surface area contributed by atoms with Gasteiger partial charge in [0.2, 0.25) is 0 Å². The third-order valence-electron chi connectivity index (χ3n) is 2.52. The Morgan fingerprint density at radius 1 is 1.39 bits per heavy atom. The molecule has 2 aromatic rings. The number of hydrogen-bond acceptors (Lipinski definition) is 4. The number of ether oxygens (including phenoxy) is 1. The van der Waals surface area contributed by atoms with Crippen LogP contribution in [0.1, 0.15) is 5.69 Å². The van der Waals surface area contributed by atoms with E-state index < -0.39 is 6.10 Å². The quantitative estimate of drug-likeness (QED) is 0.779. The van der Waals surface area contributed by atoms with Crippen molar-refractivity contribution in [2.24, 2.45) is 0 Å². The molecule has 18 heavy (non-hydrogen) atoms. The van der Waals surface area contributed by atoms with Gasteiger partial charge in [-0.3, -0.25) is 4.68 Å². The van der Waals surface area contributed by atoms with Crippen molar-refractivity contribution in [2.45, 2.75) is 19.6 Å². The molecular weight excluding hydrogens is 230 g/mol. The standard InChI is InChI=1S/C13H17N3O2/c1-10-6-7-16(15-10)8-11(17)9-18-13-5-3-2-4-12(13)14/h2-7,11,17H,8-9,14H2,1H3. The first kappa shape index (κ1) is 12.4. The molecule has 0 aliphatic rings. The van der Waals surface area contributed by atoms with Crippen molar-refractivity contribution in [1.29, 1.82) is 0 Å². The smallest absolute Gasteiger partial charge is 0.142 e. The van der Waals surface area contributed by atoms with Crippen molar-refractivity contribution < 1.29 is 9.84 Å². The zero-order chi connectivity index (χ0) is 13.0. The number of aromatic nitrogens is 2. The molecular formula is C13H17N3O2. The van der Waals surface area contributed by atoms with Gasteiger partial charge in [-0.2, -0.15) is 5.10 Å². The summed E-state index contributed by atoms with van der Waals surface area (Å²) >= 11 is 0. The van der Waals surface area contributed by atoms with Crippen LogP contribution in [-0.2, 0) is 6.54 Å². The van der Waals surface area contributed by atoms with E-state index in [9.17, 15) is 5.11 Å². The first-order valence-electron chi connectivity index (χ1n) is 5.80. The number of nitrogens with zero attached hydrogens (tertiary/aromatic N) is 2. The van der Waals surface area contributed by atoms with Crippen molar-refractivity contribution in [3.8, 4) is 5.75 Å². The highest BCUT2D eigenvalue weighted by molar-refractivity contribution is 5.51. The van der Waals surface area contributed by atoms with E-state index in [4.69, 9.17) is 10.5 Å². The van der Waals surface area contributed by atoms with E-state index in [0.717, 1.165) is 5.69 Å². The number of aryl methyl sites for hydroxylation is 1. The molecule has 0 radical (unpaired) electrons. The van der Waals surface area contributed by atoms with Crippen LogP contribution < -0.4 is 10.5 Å². The van der Waals surface area contributed by atoms with E-state index in [1.54, 1.807) is 16.8 Å². The summed E-state index contributed by atoms with van der Waals surface area (Å²) in [6.45, 7) is 2.50. The summed E-state index contributed by atoms with van der Waals surface area (Å²) in [5.41, 5.74) is 7.23. The molecule has 0 saturated heterocycles. The number of rotatable bonds is 5. The van der Waals surface area contributed by atoms with Crippen molar-refractivity contribution in [3.05, 3.63) is 42.2 Å². The molecule has 0 saturated carbocycles. The average Bonchev–Trinajstić information content (AvgIpc) is 2.74. The monoisotopic (exact) mass is 247 g/mol. The lowest BCUT2D eigenvalue weighted by atomic mass is 10.3. The molecule has 0 bridgehead atoms. The van der Waals surface area contributed by atoms with E-state index in [1.165, 1.54) is 0 Å². The van der Waals surface area contributed by atoms with Gasteiger partial charge < -0.3 is 15.6 Å². The van der Waals surface area contributed by atoms with Crippen LogP contribution in [0, 0.1) is 6.92 Å². The van der Waals surface area contributed by atoms with Crippen LogP contribution in [0.2, 0.25) is 0 Å². The number of nitrogens with two attached hydrogens (primary N) is 1. The third-order valence-corrected chi connectivity index (χ3v) is 2.52. The van der Waals surface area contributed by atoms with E-state index in [0.29, 0.717) is 18.0 Å². The Morgan fingerprint density at radius 3 is 2.83 bits per heavy atom. The number of benzene rings is 1. The van der Waals surface area contributed by atoms with E-state index >= 15 is 0 Å². The zero-order valence-electron chi connectivity index (χ0n) is 10.3. The average molecular weight is 247 g/mol. The Kier molecular flexibility index (Phi) is 3.84. The molecule has 1 aromatic carbocycles. The first-order chi connectivity index (χ1) is 8.65. The SMILES string of the molecule is Cc1ccn(CC(O)COc2ccccc2N)n1. The van der Waals surface area contributed by atoms with Crippen molar-refractivity contribution in [2.75, 3.05) is 12.3 Å². The molecule has 96 valence electrons. The molecule has 0 aliphatic carbocycles. The van der Waals surface area contributed by atoms with Crippen LogP contribution >= 0.6 is 0 Å². The highest BCUT2D eigenvalue weighted by Crippen LogP contribution is 2.19. The van der Waals surface area contributed by atoms with Crippen LogP contribution in [-0.4, -0.2) is 27.6 Å². The van der Waals surface area contributed by atoms with Crippen molar-refractivity contribution in [3.63, 3.8) is 0 Å². The third kappa shape index (κ3) is 3.24. The lowest BCUT2D eigenvalue weighted by Gasteiger charge is -2.13. The fourth-order valence-electron chi connectivity index (χ4n) is 1.63. The predicted molar refractivity (Wildman–Crippen MR) is 69.3 cm³/mol. The van der Waals surface area contributed by atoms with Crippen LogP contribution in [0.15, 0.2) is 36.5 Å². The maximum atomic E-state index is 9.84. The Morgan fingerprint density at radius 2 is 2.17 bits per heavy atom. The second-order valence-electron chi connectivity index (χ2n) is 4.18. The summed E-state index contributed by atoms with van der Waals surface area (Å²) in [5, 5.41) is 14.0. The normalized spacial score (nSPS) is 12.3. The van der Waals surface area contributed by atoms with Crippen LogP contribution in [0.4, 0.5) is 5.69 Å². The number of aliphatic hydroxyl groups excluding tert-OH is 1. The number of anilines is 1. The maximum Gasteiger partial charge on any atom is 0.142 e. The second-order valence-corrected chi connectivity index (χ2v) is 4.18. The van der Waals surface area contributed by atoms with Gasteiger partial charge in [-0.15, -0.1) is 0 Å². The Labute approximate surface area is 106 Å². The minimum absolute atomic E-state index is 0.188. The topological polar surface area (TPSA) is 73.3 Å². The number of aliphatic hydroxyl groups is 1. The van der Waals surface area contributed by atoms with Crippen molar-refractivity contribution >= 4 is 5.69 Å². The summed E-state index contributed by atoms with van der Waals surface area (Å²) in [4.78, 5) is 0. The lowest BCUT2D eigenvalue weighted by Crippen LogP contribution is -2.24. The maximum absolute atomic E-state index is 9.84. The molecule has 2 rings (SSSR count). The minimum atomic E-state index is -0.621. The summed E-state index contributed by atoms with van der Waals surface area (Å²) in [7, 11) is 0. The van der Waals surface area contributed by atoms with Gasteiger partial charge in [-0.1, -0.05) is 12.1 Å². The number of para-hydroxylation sites is 2. The summed E-state index contributed by atoms with van der Waals surface area (Å²) in [5.74, 6) is 0.591. The first-order valence-corrected chi connectivity index (χ1v) is 5.80. The van der Waals surface area contributed by atoms with E-state index in [-0.39, 0.29) is 6.61 Å². The second kappa shape index (κ2) is 5.55. The molecule has 0 aliphatic heterocycles. The Balaban J connectivity index is 1.85. The molecule has 0 fully saturated rings. The van der Waals surface area contributed by atoms with Gasteiger partial charge in [0.15, 0.2) is 0 Å². The Bertz CT molecular complexity index is 510. The lowest BCUT2D eigenvalue weighted by molar-refractivity contribution is 0.0896. The summed E-state index contributed by atoms with van der Waals surface area (Å²) in [6, 6.07) is 9.11. The van der Waals surface area contributed by atoms with Gasteiger partial charge in [0.1, 0.15) is 18.5 Å². The van der Waals surface area contributed by atoms with Crippen LogP contribution in [0.25, 0.3) is 0 Å². The van der Waals surface area contributed by atoms with E-state index in [1.807, 2.05) is 31.3 Å². The van der Waals surface area contributed by atoms with Gasteiger partial charge in [0.25, 0.3) is 0 Å². The van der Waals surface area contributed by atoms with E-state index in [2.05, 4.69) is 5.10 Å². The van der Waals surface area contributed by atoms with Gasteiger partial charge in [-0.05, 0) is 25.1 Å². The highest BCUT2D eigenvalue weighted by atomic mass is 16.5. The van der Waals surface area contributed by atoms with Gasteiger partial charge in [-0.25, -0.2) is 0 Å². The molecule has 1 atom stereocenters. The zero-order valence-corrected chi connectivity index (χ0v) is 10.3. The summed E-state index contributed by atoms with van der Waals surface area (Å²) in [6.07, 6.45) is 1.21. The van der Waals surface area contributed by atoms with Crippen LogP contribution in [0.3, 0.4) is 0 Å². The predicted octanol–water partition coefficient (Wildman–Crippen LogP) is 1.21. The molecule has 0 spiro atoms. The molecule has 1 unspecified atom stereocenters. The fourth-order valence-corrected chi connectivity index (χ4v) is 1.63. The number of nitrogen functional groups attached to an aromatic ring is 1.